The summed E-state index contributed by atoms with van der Waals surface area (Å²) in [6.45, 7) is 2.04. The third-order valence-electron chi connectivity index (χ3n) is 2.34. The van der Waals surface area contributed by atoms with E-state index in [1.165, 1.54) is 0 Å². The Morgan fingerprint density at radius 2 is 2.00 bits per heavy atom. The van der Waals surface area contributed by atoms with Gasteiger partial charge in [0.2, 0.25) is 0 Å². The fourth-order valence-corrected chi connectivity index (χ4v) is 2.62. The fraction of sp³-hybridized carbons (Fsp3) is 0.250. The number of rotatable bonds is 5. The second-order valence-electron chi connectivity index (χ2n) is 3.67. The minimum Gasteiger partial charge on any atom is -0.378 e. The van der Waals surface area contributed by atoms with Crippen molar-refractivity contribution in [3.8, 4) is 0 Å². The van der Waals surface area contributed by atoms with Crippen LogP contribution in [0.25, 0.3) is 0 Å². The third kappa shape index (κ3) is 3.68. The van der Waals surface area contributed by atoms with Crippen LogP contribution in [-0.2, 0) is 0 Å². The van der Waals surface area contributed by atoms with Crippen molar-refractivity contribution in [2.75, 3.05) is 5.32 Å². The highest BCUT2D eigenvalue weighted by atomic mass is 32.2. The molecular weight excluding hydrogens is 274 g/mol. The smallest absolute Gasteiger partial charge is 0.288 e. The van der Waals surface area contributed by atoms with Gasteiger partial charge in [0.25, 0.3) is 5.76 Å². The number of hydrogen-bond acceptors (Lipinski definition) is 4. The van der Waals surface area contributed by atoms with E-state index in [4.69, 9.17) is 0 Å². The maximum Gasteiger partial charge on any atom is 0.288 e. The molecule has 0 aliphatic carbocycles. The molecule has 0 saturated heterocycles. The first-order chi connectivity index (χ1) is 8.65. The molecule has 1 unspecified atom stereocenters. The van der Waals surface area contributed by atoms with E-state index in [9.17, 15) is 8.78 Å². The van der Waals surface area contributed by atoms with E-state index in [2.05, 4.69) is 10.3 Å². The van der Waals surface area contributed by atoms with Crippen LogP contribution in [0.2, 0.25) is 0 Å². The highest BCUT2D eigenvalue weighted by molar-refractivity contribution is 7.99. The average Bonchev–Trinajstić information content (AvgIpc) is 2.84. The van der Waals surface area contributed by atoms with E-state index in [1.54, 1.807) is 29.0 Å². The highest BCUT2D eigenvalue weighted by Crippen LogP contribution is 2.27. The number of benzene rings is 1. The summed E-state index contributed by atoms with van der Waals surface area (Å²) in [4.78, 5) is 5.73. The summed E-state index contributed by atoms with van der Waals surface area (Å²) in [5.41, 5.74) is 2.70. The molecule has 96 valence electrons. The van der Waals surface area contributed by atoms with Crippen LogP contribution in [0.4, 0.5) is 14.5 Å². The number of halogens is 2. The molecule has 0 bridgehead atoms. The van der Waals surface area contributed by atoms with E-state index in [1.807, 2.05) is 25.3 Å². The van der Waals surface area contributed by atoms with E-state index in [-0.39, 0.29) is 6.04 Å². The largest absolute Gasteiger partial charge is 0.378 e. The Morgan fingerprint density at radius 3 is 2.56 bits per heavy atom. The maximum atomic E-state index is 12.2. The van der Waals surface area contributed by atoms with Gasteiger partial charge in [0.1, 0.15) is 0 Å². The molecule has 1 heterocycles. The Labute approximate surface area is 112 Å². The molecule has 2 rings (SSSR count). The van der Waals surface area contributed by atoms with Gasteiger partial charge in [0.05, 0.1) is 11.6 Å². The van der Waals surface area contributed by atoms with Crippen LogP contribution in [0.15, 0.2) is 40.9 Å². The Morgan fingerprint density at radius 1 is 1.28 bits per heavy atom. The number of alkyl halides is 2. The zero-order chi connectivity index (χ0) is 13.0. The number of anilines is 1. The second kappa shape index (κ2) is 6.15. The molecule has 0 saturated carbocycles. The number of thioether (sulfide) groups is 1. The Hall–Kier alpha value is -1.14. The van der Waals surface area contributed by atoms with Gasteiger partial charge in [0, 0.05) is 21.7 Å². The molecule has 0 aliphatic heterocycles. The molecule has 2 aromatic rings. The van der Waals surface area contributed by atoms with Crippen molar-refractivity contribution in [1.29, 1.82) is 0 Å². The lowest BCUT2D eigenvalue weighted by atomic mass is 10.2. The zero-order valence-corrected chi connectivity index (χ0v) is 11.3. The van der Waals surface area contributed by atoms with Crippen LogP contribution in [0.3, 0.4) is 0 Å². The summed E-state index contributed by atoms with van der Waals surface area (Å²) in [5, 5.41) is 3.30. The molecule has 2 nitrogen and oxygen atoms in total. The molecule has 1 N–H and O–H groups in total. The van der Waals surface area contributed by atoms with Gasteiger partial charge in [0.15, 0.2) is 0 Å². The molecule has 6 heteroatoms. The van der Waals surface area contributed by atoms with E-state index in [0.717, 1.165) is 10.6 Å². The van der Waals surface area contributed by atoms with Crippen LogP contribution in [-0.4, -0.2) is 10.7 Å². The first kappa shape index (κ1) is 13.3. The Bertz CT molecular complexity index is 471. The standard InChI is InChI=1S/C12H12F2N2S2/c1-8(11-6-15-7-17-11)16-9-2-4-10(5-3-9)18-12(13)14/h2-8,12,16H,1H3. The van der Waals surface area contributed by atoms with Crippen LogP contribution < -0.4 is 5.32 Å². The molecule has 1 aromatic heterocycles. The van der Waals surface area contributed by atoms with Gasteiger partial charge in [-0.2, -0.15) is 8.78 Å². The van der Waals surface area contributed by atoms with Gasteiger partial charge in [-0.1, -0.05) is 11.8 Å². The summed E-state index contributed by atoms with van der Waals surface area (Å²) < 4.78 is 24.3. The number of nitrogens with zero attached hydrogens (tertiary/aromatic N) is 1. The van der Waals surface area contributed by atoms with Crippen LogP contribution >= 0.6 is 23.1 Å². The summed E-state index contributed by atoms with van der Waals surface area (Å²) in [6.07, 6.45) is 1.82. The summed E-state index contributed by atoms with van der Waals surface area (Å²) in [6, 6.07) is 7.16. The van der Waals surface area contributed by atoms with Crippen LogP contribution in [0, 0.1) is 0 Å². The fourth-order valence-electron chi connectivity index (χ4n) is 1.49. The van der Waals surface area contributed by atoms with Crippen molar-refractivity contribution in [2.24, 2.45) is 0 Å². The van der Waals surface area contributed by atoms with Gasteiger partial charge in [-0.15, -0.1) is 11.3 Å². The molecule has 1 atom stereocenters. The van der Waals surface area contributed by atoms with Crippen molar-refractivity contribution in [1.82, 2.24) is 4.98 Å². The third-order valence-corrected chi connectivity index (χ3v) is 4.02. The van der Waals surface area contributed by atoms with E-state index >= 15 is 0 Å². The van der Waals surface area contributed by atoms with Crippen LogP contribution in [0.1, 0.15) is 17.8 Å². The molecule has 0 amide bonds. The van der Waals surface area contributed by atoms with Crippen molar-refractivity contribution in [3.63, 3.8) is 0 Å². The monoisotopic (exact) mass is 286 g/mol. The minimum atomic E-state index is -2.38. The Kier molecular flexibility index (Phi) is 4.54. The molecule has 18 heavy (non-hydrogen) atoms. The number of hydrogen-bond donors (Lipinski definition) is 1. The second-order valence-corrected chi connectivity index (χ2v) is 5.65. The van der Waals surface area contributed by atoms with Crippen molar-refractivity contribution >= 4 is 28.8 Å². The molecule has 1 aromatic carbocycles. The lowest BCUT2D eigenvalue weighted by molar-refractivity contribution is 0.252. The summed E-state index contributed by atoms with van der Waals surface area (Å²) in [7, 11) is 0. The van der Waals surface area contributed by atoms with Crippen molar-refractivity contribution in [2.45, 2.75) is 23.6 Å². The first-order valence-electron chi connectivity index (χ1n) is 5.35. The van der Waals surface area contributed by atoms with E-state index in [0.29, 0.717) is 16.7 Å². The van der Waals surface area contributed by atoms with Gasteiger partial charge in [-0.3, -0.25) is 4.98 Å². The summed E-state index contributed by atoms with van der Waals surface area (Å²) >= 11 is 2.14. The average molecular weight is 286 g/mol. The number of nitrogens with one attached hydrogen (secondary N) is 1. The van der Waals surface area contributed by atoms with Gasteiger partial charge in [-0.05, 0) is 31.2 Å². The minimum absolute atomic E-state index is 0.158. The summed E-state index contributed by atoms with van der Waals surface area (Å²) in [5.74, 6) is -2.38. The highest BCUT2D eigenvalue weighted by Gasteiger charge is 2.08. The maximum absolute atomic E-state index is 12.2. The predicted molar refractivity (Wildman–Crippen MR) is 72.5 cm³/mol. The molecule has 0 fully saturated rings. The molecule has 0 aliphatic rings. The van der Waals surface area contributed by atoms with Crippen LogP contribution in [0.5, 0.6) is 0 Å². The first-order valence-corrected chi connectivity index (χ1v) is 7.11. The quantitative estimate of drug-likeness (QED) is 0.811. The lowest BCUT2D eigenvalue weighted by Crippen LogP contribution is -2.04. The Balaban J connectivity index is 1.98. The normalized spacial score (nSPS) is 12.7. The van der Waals surface area contributed by atoms with Crippen molar-refractivity contribution < 1.29 is 8.78 Å². The zero-order valence-electron chi connectivity index (χ0n) is 9.64. The molecule has 0 spiro atoms. The topological polar surface area (TPSA) is 24.9 Å². The number of aromatic nitrogens is 1. The number of thiazole rings is 1. The lowest BCUT2D eigenvalue weighted by Gasteiger charge is -2.13. The molecule has 0 radical (unpaired) electrons. The predicted octanol–water partition coefficient (Wildman–Crippen LogP) is 4.63. The van der Waals surface area contributed by atoms with E-state index < -0.39 is 5.76 Å². The van der Waals surface area contributed by atoms with Gasteiger partial charge < -0.3 is 5.32 Å². The van der Waals surface area contributed by atoms with Gasteiger partial charge in [-0.25, -0.2) is 0 Å². The van der Waals surface area contributed by atoms with Gasteiger partial charge >= 0.3 is 0 Å². The molecular formula is C12H12F2N2S2. The SMILES string of the molecule is CC(Nc1ccc(SC(F)F)cc1)c1cncs1. The van der Waals surface area contributed by atoms with Crippen molar-refractivity contribution in [3.05, 3.63) is 40.8 Å².